The van der Waals surface area contributed by atoms with Gasteiger partial charge in [-0.05, 0) is 43.0 Å². The number of hydrogen-bond acceptors (Lipinski definition) is 4. The Labute approximate surface area is 113 Å². The van der Waals surface area contributed by atoms with Gasteiger partial charge in [0.05, 0.1) is 18.8 Å². The number of esters is 1. The minimum absolute atomic E-state index is 0.0526. The van der Waals surface area contributed by atoms with Gasteiger partial charge in [-0.2, -0.15) is 13.2 Å². The van der Waals surface area contributed by atoms with Crippen molar-refractivity contribution in [1.82, 2.24) is 0 Å². The molecule has 0 radical (unpaired) electrons. The molecule has 0 saturated heterocycles. The van der Waals surface area contributed by atoms with Crippen LogP contribution in [0.5, 0.6) is 5.75 Å². The predicted molar refractivity (Wildman–Crippen MR) is 66.4 cm³/mol. The van der Waals surface area contributed by atoms with Gasteiger partial charge in [-0.3, -0.25) is 0 Å². The number of halogens is 3. The van der Waals surface area contributed by atoms with Crippen molar-refractivity contribution in [3.63, 3.8) is 0 Å². The Kier molecular flexibility index (Phi) is 6.01. The average Bonchev–Trinajstić information content (AvgIpc) is 2.34. The highest BCUT2D eigenvalue weighted by Crippen LogP contribution is 2.29. The maximum atomic E-state index is 11.9. The van der Waals surface area contributed by atoms with Crippen molar-refractivity contribution in [3.8, 4) is 5.75 Å². The molecule has 0 aliphatic carbocycles. The van der Waals surface area contributed by atoms with Crippen LogP contribution in [0.2, 0.25) is 0 Å². The number of rotatable bonds is 6. The molecule has 0 N–H and O–H groups in total. The van der Waals surface area contributed by atoms with E-state index >= 15 is 0 Å². The van der Waals surface area contributed by atoms with Crippen LogP contribution in [0.3, 0.4) is 0 Å². The van der Waals surface area contributed by atoms with Crippen molar-refractivity contribution in [1.29, 1.82) is 0 Å². The zero-order valence-corrected chi connectivity index (χ0v) is 11.0. The molecule has 1 aromatic carbocycles. The maximum absolute atomic E-state index is 11.9. The fourth-order valence-corrected chi connectivity index (χ4v) is 1.62. The molecule has 0 fully saturated rings. The van der Waals surface area contributed by atoms with Crippen molar-refractivity contribution in [3.05, 3.63) is 29.8 Å². The Morgan fingerprint density at radius 3 is 2.42 bits per heavy atom. The van der Waals surface area contributed by atoms with Crippen LogP contribution in [0, 0.1) is 0 Å². The molecule has 1 aromatic rings. The zero-order chi connectivity index (χ0) is 14.3. The van der Waals surface area contributed by atoms with Gasteiger partial charge >= 0.3 is 11.5 Å². The quantitative estimate of drug-likeness (QED) is 0.594. The highest BCUT2D eigenvalue weighted by Gasteiger charge is 2.27. The summed E-state index contributed by atoms with van der Waals surface area (Å²) < 4.78 is 45.5. The second-order valence-electron chi connectivity index (χ2n) is 3.39. The predicted octanol–water partition coefficient (Wildman–Crippen LogP) is 3.50. The maximum Gasteiger partial charge on any atom is 0.441 e. The standard InChI is InChI=1S/C12H13F3O3S/c1-2-17-11(16)9-3-5-10(6-4-9)18-7-8-19-12(13,14)15/h3-6H,2,7-8H2,1H3. The van der Waals surface area contributed by atoms with Crippen LogP contribution in [0.15, 0.2) is 24.3 Å². The first-order chi connectivity index (χ1) is 8.92. The van der Waals surface area contributed by atoms with Crippen molar-refractivity contribution < 1.29 is 27.4 Å². The molecule has 0 aliphatic rings. The van der Waals surface area contributed by atoms with Crippen molar-refractivity contribution in [2.45, 2.75) is 12.4 Å². The second kappa shape index (κ2) is 7.28. The number of ether oxygens (including phenoxy) is 2. The number of benzene rings is 1. The van der Waals surface area contributed by atoms with E-state index < -0.39 is 11.5 Å². The average molecular weight is 294 g/mol. The van der Waals surface area contributed by atoms with E-state index in [0.717, 1.165) is 0 Å². The van der Waals surface area contributed by atoms with Crippen LogP contribution in [0.1, 0.15) is 17.3 Å². The van der Waals surface area contributed by atoms with E-state index in [1.807, 2.05) is 0 Å². The largest absolute Gasteiger partial charge is 0.493 e. The number of thioether (sulfide) groups is 1. The third-order valence-electron chi connectivity index (χ3n) is 1.98. The summed E-state index contributed by atoms with van der Waals surface area (Å²) in [6.07, 6.45) is 0. The van der Waals surface area contributed by atoms with Crippen molar-refractivity contribution >= 4 is 17.7 Å². The molecule has 1 rings (SSSR count). The van der Waals surface area contributed by atoms with E-state index in [-0.39, 0.29) is 30.7 Å². The van der Waals surface area contributed by atoms with Gasteiger partial charge in [0.25, 0.3) is 0 Å². The summed E-state index contributed by atoms with van der Waals surface area (Å²) >= 11 is -0.132. The zero-order valence-electron chi connectivity index (χ0n) is 10.2. The molecular weight excluding hydrogens is 281 g/mol. The Morgan fingerprint density at radius 2 is 1.89 bits per heavy atom. The van der Waals surface area contributed by atoms with Crippen LogP contribution in [-0.2, 0) is 4.74 Å². The van der Waals surface area contributed by atoms with Gasteiger partial charge in [-0.15, -0.1) is 0 Å². The van der Waals surface area contributed by atoms with Gasteiger partial charge in [0.1, 0.15) is 5.75 Å². The molecule has 0 bridgehead atoms. The van der Waals surface area contributed by atoms with E-state index in [1.165, 1.54) is 24.3 Å². The lowest BCUT2D eigenvalue weighted by Crippen LogP contribution is -2.08. The minimum Gasteiger partial charge on any atom is -0.493 e. The molecule has 0 heterocycles. The van der Waals surface area contributed by atoms with Gasteiger partial charge in [0, 0.05) is 5.75 Å². The third kappa shape index (κ3) is 6.37. The Hall–Kier alpha value is -1.37. The highest BCUT2D eigenvalue weighted by molar-refractivity contribution is 8.00. The fraction of sp³-hybridized carbons (Fsp3) is 0.417. The van der Waals surface area contributed by atoms with Gasteiger partial charge < -0.3 is 9.47 Å². The molecule has 19 heavy (non-hydrogen) atoms. The number of hydrogen-bond donors (Lipinski definition) is 0. The normalized spacial score (nSPS) is 11.2. The molecular formula is C12H13F3O3S. The smallest absolute Gasteiger partial charge is 0.441 e. The van der Waals surface area contributed by atoms with E-state index in [4.69, 9.17) is 9.47 Å². The van der Waals surface area contributed by atoms with Crippen LogP contribution >= 0.6 is 11.8 Å². The topological polar surface area (TPSA) is 35.5 Å². The number of alkyl halides is 3. The van der Waals surface area contributed by atoms with E-state index in [1.54, 1.807) is 6.92 Å². The second-order valence-corrected chi connectivity index (χ2v) is 4.55. The molecule has 0 unspecified atom stereocenters. The summed E-state index contributed by atoms with van der Waals surface area (Å²) in [4.78, 5) is 11.3. The molecule has 3 nitrogen and oxygen atoms in total. The molecule has 7 heteroatoms. The van der Waals surface area contributed by atoms with Crippen LogP contribution in [0.25, 0.3) is 0 Å². The van der Waals surface area contributed by atoms with Gasteiger partial charge in [0.15, 0.2) is 0 Å². The molecule has 0 amide bonds. The Balaban J connectivity index is 2.38. The van der Waals surface area contributed by atoms with E-state index in [0.29, 0.717) is 11.3 Å². The van der Waals surface area contributed by atoms with Gasteiger partial charge in [-0.1, -0.05) is 0 Å². The molecule has 0 spiro atoms. The molecule has 0 aliphatic heterocycles. The van der Waals surface area contributed by atoms with Crippen LogP contribution in [0.4, 0.5) is 13.2 Å². The van der Waals surface area contributed by atoms with Crippen molar-refractivity contribution in [2.24, 2.45) is 0 Å². The van der Waals surface area contributed by atoms with Gasteiger partial charge in [-0.25, -0.2) is 4.79 Å². The van der Waals surface area contributed by atoms with E-state index in [2.05, 4.69) is 0 Å². The summed E-state index contributed by atoms with van der Waals surface area (Å²) in [7, 11) is 0. The van der Waals surface area contributed by atoms with Crippen molar-refractivity contribution in [2.75, 3.05) is 19.0 Å². The highest BCUT2D eigenvalue weighted by atomic mass is 32.2. The lowest BCUT2D eigenvalue weighted by atomic mass is 10.2. The lowest BCUT2D eigenvalue weighted by molar-refractivity contribution is -0.0329. The van der Waals surface area contributed by atoms with E-state index in [9.17, 15) is 18.0 Å². The first kappa shape index (κ1) is 15.7. The molecule has 0 saturated carbocycles. The summed E-state index contributed by atoms with van der Waals surface area (Å²) in [6.45, 7) is 1.93. The summed E-state index contributed by atoms with van der Waals surface area (Å²) in [5, 5.41) is 0. The molecule has 0 aromatic heterocycles. The summed E-state index contributed by atoms with van der Waals surface area (Å²) in [5.74, 6) is -0.208. The monoisotopic (exact) mass is 294 g/mol. The molecule has 106 valence electrons. The minimum atomic E-state index is -4.24. The Bertz CT molecular complexity index is 404. The van der Waals surface area contributed by atoms with Gasteiger partial charge in [0.2, 0.25) is 0 Å². The van der Waals surface area contributed by atoms with Crippen LogP contribution in [-0.4, -0.2) is 30.4 Å². The first-order valence-corrected chi connectivity index (χ1v) is 6.51. The van der Waals surface area contributed by atoms with Crippen LogP contribution < -0.4 is 4.74 Å². The molecule has 0 atom stereocenters. The SMILES string of the molecule is CCOC(=O)c1ccc(OCCSC(F)(F)F)cc1. The number of carbonyl (C=O) groups excluding carboxylic acids is 1. The first-order valence-electron chi connectivity index (χ1n) is 5.53. The Morgan fingerprint density at radius 1 is 1.26 bits per heavy atom. The lowest BCUT2D eigenvalue weighted by Gasteiger charge is -2.08. The summed E-state index contributed by atoms with van der Waals surface area (Å²) in [5.41, 5.74) is -3.87. The summed E-state index contributed by atoms with van der Waals surface area (Å²) in [6, 6.07) is 6.05. The third-order valence-corrected chi connectivity index (χ3v) is 2.68. The number of carbonyl (C=O) groups is 1. The fourth-order valence-electron chi connectivity index (χ4n) is 1.22.